The average Bonchev–Trinajstić information content (AvgIpc) is 2.40. The third-order valence-corrected chi connectivity index (χ3v) is 2.54. The Bertz CT molecular complexity index is 134. The van der Waals surface area contributed by atoms with Crippen molar-refractivity contribution in [3.05, 3.63) is 12.2 Å². The molecule has 11 heavy (non-hydrogen) atoms. The molecular weight excluding hydrogens is 134 g/mol. The van der Waals surface area contributed by atoms with Gasteiger partial charge >= 0.3 is 0 Å². The van der Waals surface area contributed by atoms with E-state index in [0.29, 0.717) is 6.04 Å². The Labute approximate surface area is 70.1 Å². The van der Waals surface area contributed by atoms with Crippen LogP contribution >= 0.6 is 0 Å². The molecule has 0 amide bonds. The Morgan fingerprint density at radius 2 is 2.00 bits per heavy atom. The van der Waals surface area contributed by atoms with E-state index in [1.165, 1.54) is 37.9 Å². The first kappa shape index (κ1) is 8.79. The molecule has 1 saturated heterocycles. The first-order valence-electron chi connectivity index (χ1n) is 4.65. The molecular formula is C10H19N. The van der Waals surface area contributed by atoms with Gasteiger partial charge in [-0.15, -0.1) is 0 Å². The van der Waals surface area contributed by atoms with Gasteiger partial charge in [0, 0.05) is 6.04 Å². The highest BCUT2D eigenvalue weighted by atomic mass is 15.2. The van der Waals surface area contributed by atoms with Crippen LogP contribution in [0.2, 0.25) is 0 Å². The lowest BCUT2D eigenvalue weighted by atomic mass is 10.1. The van der Waals surface area contributed by atoms with Gasteiger partial charge < -0.3 is 0 Å². The molecule has 0 aliphatic carbocycles. The second-order valence-corrected chi connectivity index (χ2v) is 3.51. The molecule has 1 heterocycles. The average molecular weight is 153 g/mol. The maximum Gasteiger partial charge on any atom is 0.0299 e. The van der Waals surface area contributed by atoms with Crippen molar-refractivity contribution in [2.24, 2.45) is 0 Å². The summed E-state index contributed by atoms with van der Waals surface area (Å²) in [7, 11) is 0. The molecule has 1 aliphatic heterocycles. The van der Waals surface area contributed by atoms with Crippen LogP contribution in [0.3, 0.4) is 0 Å². The lowest BCUT2D eigenvalue weighted by Crippen LogP contribution is -2.32. The van der Waals surface area contributed by atoms with E-state index in [1.807, 2.05) is 0 Å². The van der Waals surface area contributed by atoms with Crippen molar-refractivity contribution in [2.45, 2.75) is 39.2 Å². The Morgan fingerprint density at radius 1 is 1.45 bits per heavy atom. The maximum absolute atomic E-state index is 4.03. The molecule has 1 atom stereocenters. The fraction of sp³-hybridized carbons (Fsp3) is 0.800. The lowest BCUT2D eigenvalue weighted by molar-refractivity contribution is 0.267. The largest absolute Gasteiger partial charge is 0.297 e. The standard InChI is InChI=1S/C10H19N/c1-4-10(9(2)3)11-7-5-6-8-11/h10H,2,4-8H2,1,3H3/t10-/m0/s1. The topological polar surface area (TPSA) is 3.24 Å². The lowest BCUT2D eigenvalue weighted by Gasteiger charge is -2.26. The highest BCUT2D eigenvalue weighted by Crippen LogP contribution is 2.18. The maximum atomic E-state index is 4.03. The molecule has 0 bridgehead atoms. The van der Waals surface area contributed by atoms with Crippen LogP contribution in [0.1, 0.15) is 33.1 Å². The number of hydrogen-bond donors (Lipinski definition) is 0. The van der Waals surface area contributed by atoms with Gasteiger partial charge in [0.2, 0.25) is 0 Å². The molecule has 64 valence electrons. The minimum absolute atomic E-state index is 0.650. The zero-order chi connectivity index (χ0) is 8.27. The minimum Gasteiger partial charge on any atom is -0.297 e. The van der Waals surface area contributed by atoms with Crippen molar-refractivity contribution in [3.63, 3.8) is 0 Å². The van der Waals surface area contributed by atoms with Crippen LogP contribution in [0.5, 0.6) is 0 Å². The number of rotatable bonds is 3. The van der Waals surface area contributed by atoms with E-state index in [4.69, 9.17) is 0 Å². The summed E-state index contributed by atoms with van der Waals surface area (Å²) in [5.41, 5.74) is 1.33. The van der Waals surface area contributed by atoms with Crippen LogP contribution in [-0.4, -0.2) is 24.0 Å². The van der Waals surface area contributed by atoms with Gasteiger partial charge in [0.1, 0.15) is 0 Å². The third kappa shape index (κ3) is 2.06. The highest BCUT2D eigenvalue weighted by Gasteiger charge is 2.20. The number of likely N-dealkylation sites (tertiary alicyclic amines) is 1. The van der Waals surface area contributed by atoms with Gasteiger partial charge in [0.05, 0.1) is 0 Å². The summed E-state index contributed by atoms with van der Waals surface area (Å²) >= 11 is 0. The second kappa shape index (κ2) is 3.91. The van der Waals surface area contributed by atoms with Crippen LogP contribution < -0.4 is 0 Å². The summed E-state index contributed by atoms with van der Waals surface area (Å²) in [4.78, 5) is 2.56. The van der Waals surface area contributed by atoms with Gasteiger partial charge in [0.15, 0.2) is 0 Å². The molecule has 0 spiro atoms. The Morgan fingerprint density at radius 3 is 2.36 bits per heavy atom. The molecule has 0 saturated carbocycles. The van der Waals surface area contributed by atoms with E-state index < -0.39 is 0 Å². The van der Waals surface area contributed by atoms with E-state index in [-0.39, 0.29) is 0 Å². The van der Waals surface area contributed by atoms with Gasteiger partial charge in [-0.25, -0.2) is 0 Å². The summed E-state index contributed by atoms with van der Waals surface area (Å²) in [5.74, 6) is 0. The fourth-order valence-electron chi connectivity index (χ4n) is 1.97. The summed E-state index contributed by atoms with van der Waals surface area (Å²) < 4.78 is 0. The van der Waals surface area contributed by atoms with Crippen molar-refractivity contribution in [1.29, 1.82) is 0 Å². The van der Waals surface area contributed by atoms with E-state index in [9.17, 15) is 0 Å². The summed E-state index contributed by atoms with van der Waals surface area (Å²) in [6.07, 6.45) is 3.98. The summed E-state index contributed by atoms with van der Waals surface area (Å²) in [5, 5.41) is 0. The van der Waals surface area contributed by atoms with Gasteiger partial charge in [-0.2, -0.15) is 0 Å². The molecule has 0 N–H and O–H groups in total. The molecule has 1 fully saturated rings. The van der Waals surface area contributed by atoms with Crippen LogP contribution in [-0.2, 0) is 0 Å². The SMILES string of the molecule is C=C(C)[C@H](CC)N1CCCC1. The quantitative estimate of drug-likeness (QED) is 0.563. The van der Waals surface area contributed by atoms with Crippen molar-refractivity contribution >= 4 is 0 Å². The third-order valence-electron chi connectivity index (χ3n) is 2.54. The van der Waals surface area contributed by atoms with Crippen molar-refractivity contribution in [2.75, 3.05) is 13.1 Å². The zero-order valence-corrected chi connectivity index (χ0v) is 7.77. The molecule has 0 radical (unpaired) electrons. The molecule has 0 aromatic heterocycles. The summed E-state index contributed by atoms with van der Waals surface area (Å²) in [6, 6.07) is 0.650. The molecule has 1 nitrogen and oxygen atoms in total. The van der Waals surface area contributed by atoms with Crippen LogP contribution in [0.25, 0.3) is 0 Å². The zero-order valence-electron chi connectivity index (χ0n) is 7.77. The van der Waals surface area contributed by atoms with E-state index in [1.54, 1.807) is 0 Å². The Balaban J connectivity index is 2.46. The van der Waals surface area contributed by atoms with Gasteiger partial charge in [0.25, 0.3) is 0 Å². The Kier molecular flexibility index (Phi) is 3.13. The predicted molar refractivity (Wildman–Crippen MR) is 49.7 cm³/mol. The first-order chi connectivity index (χ1) is 5.25. The van der Waals surface area contributed by atoms with Crippen molar-refractivity contribution in [3.8, 4) is 0 Å². The summed E-state index contributed by atoms with van der Waals surface area (Å²) in [6.45, 7) is 11.0. The fourth-order valence-corrected chi connectivity index (χ4v) is 1.97. The first-order valence-corrected chi connectivity index (χ1v) is 4.65. The predicted octanol–water partition coefficient (Wildman–Crippen LogP) is 2.44. The highest BCUT2D eigenvalue weighted by molar-refractivity contribution is 5.02. The van der Waals surface area contributed by atoms with Crippen LogP contribution in [0, 0.1) is 0 Å². The number of nitrogens with zero attached hydrogens (tertiary/aromatic N) is 1. The normalized spacial score (nSPS) is 22.0. The molecule has 1 rings (SSSR count). The van der Waals surface area contributed by atoms with Crippen molar-refractivity contribution in [1.82, 2.24) is 4.90 Å². The molecule has 1 heteroatoms. The smallest absolute Gasteiger partial charge is 0.0299 e. The van der Waals surface area contributed by atoms with Crippen LogP contribution in [0.4, 0.5) is 0 Å². The number of hydrogen-bond acceptors (Lipinski definition) is 1. The van der Waals surface area contributed by atoms with E-state index in [2.05, 4.69) is 25.3 Å². The second-order valence-electron chi connectivity index (χ2n) is 3.51. The van der Waals surface area contributed by atoms with E-state index in [0.717, 1.165) is 0 Å². The molecule has 0 aromatic rings. The van der Waals surface area contributed by atoms with Crippen molar-refractivity contribution < 1.29 is 0 Å². The monoisotopic (exact) mass is 153 g/mol. The van der Waals surface area contributed by atoms with Crippen LogP contribution in [0.15, 0.2) is 12.2 Å². The Hall–Kier alpha value is -0.300. The molecule has 0 aromatic carbocycles. The van der Waals surface area contributed by atoms with Gasteiger partial charge in [-0.05, 0) is 39.3 Å². The molecule has 0 unspecified atom stereocenters. The molecule has 1 aliphatic rings. The van der Waals surface area contributed by atoms with Gasteiger partial charge in [-0.1, -0.05) is 19.1 Å². The van der Waals surface area contributed by atoms with E-state index >= 15 is 0 Å². The van der Waals surface area contributed by atoms with Gasteiger partial charge in [-0.3, -0.25) is 4.90 Å². The minimum atomic E-state index is 0.650.